The van der Waals surface area contributed by atoms with Crippen LogP contribution in [-0.2, 0) is 9.59 Å². The largest absolute Gasteiger partial charge is 0.339 e. The maximum absolute atomic E-state index is 11.7. The molecule has 0 radical (unpaired) electrons. The molecule has 3 amide bonds. The molecule has 1 atom stereocenters. The molecule has 2 heterocycles. The minimum atomic E-state index is -0.665. The highest BCUT2D eigenvalue weighted by Crippen LogP contribution is 2.05. The van der Waals surface area contributed by atoms with Gasteiger partial charge in [0.2, 0.25) is 11.8 Å². The fraction of sp³-hybridized carbons (Fsp3) is 0.273. The van der Waals surface area contributed by atoms with Crippen molar-refractivity contribution in [2.24, 2.45) is 0 Å². The maximum Gasteiger partial charge on any atom is 0.270 e. The molecule has 6 heteroatoms. The zero-order valence-corrected chi connectivity index (χ0v) is 8.97. The lowest BCUT2D eigenvalue weighted by atomic mass is 10.1. The van der Waals surface area contributed by atoms with Crippen molar-refractivity contribution in [3.05, 3.63) is 30.1 Å². The summed E-state index contributed by atoms with van der Waals surface area (Å²) in [4.78, 5) is 37.9. The summed E-state index contributed by atoms with van der Waals surface area (Å²) in [5.41, 5.74) is 0.247. The highest BCUT2D eigenvalue weighted by Gasteiger charge is 2.28. The molecule has 2 N–H and O–H groups in total. The molecule has 1 aliphatic rings. The van der Waals surface area contributed by atoms with Crippen molar-refractivity contribution in [1.82, 2.24) is 15.6 Å². The Morgan fingerprint density at radius 2 is 2.24 bits per heavy atom. The van der Waals surface area contributed by atoms with Crippen LogP contribution in [0.3, 0.4) is 0 Å². The van der Waals surface area contributed by atoms with Gasteiger partial charge in [0, 0.05) is 12.6 Å². The van der Waals surface area contributed by atoms with E-state index in [0.717, 1.165) is 0 Å². The van der Waals surface area contributed by atoms with Crippen LogP contribution >= 0.6 is 0 Å². The molecule has 1 fully saturated rings. The summed E-state index contributed by atoms with van der Waals surface area (Å²) in [5.74, 6) is -1.19. The quantitative estimate of drug-likeness (QED) is 0.681. The highest BCUT2D eigenvalue weighted by atomic mass is 16.2. The number of imide groups is 1. The third-order valence-electron chi connectivity index (χ3n) is 2.44. The van der Waals surface area contributed by atoms with Crippen LogP contribution in [0.5, 0.6) is 0 Å². The van der Waals surface area contributed by atoms with Crippen LogP contribution in [0.15, 0.2) is 24.4 Å². The Morgan fingerprint density at radius 1 is 1.41 bits per heavy atom. The fourth-order valence-electron chi connectivity index (χ4n) is 1.56. The topological polar surface area (TPSA) is 88.2 Å². The summed E-state index contributed by atoms with van der Waals surface area (Å²) >= 11 is 0. The molecule has 2 rings (SSSR count). The summed E-state index contributed by atoms with van der Waals surface area (Å²) in [5, 5.41) is 4.71. The second-order valence-corrected chi connectivity index (χ2v) is 3.69. The molecule has 0 spiro atoms. The number of hydrogen-bond acceptors (Lipinski definition) is 4. The normalized spacial score (nSPS) is 19.6. The summed E-state index contributed by atoms with van der Waals surface area (Å²) < 4.78 is 0. The van der Waals surface area contributed by atoms with Crippen LogP contribution in [0.4, 0.5) is 0 Å². The van der Waals surface area contributed by atoms with E-state index in [9.17, 15) is 14.4 Å². The van der Waals surface area contributed by atoms with Gasteiger partial charge in [-0.25, -0.2) is 0 Å². The molecule has 0 bridgehead atoms. The first-order valence-electron chi connectivity index (χ1n) is 5.22. The lowest BCUT2D eigenvalue weighted by Gasteiger charge is -2.21. The van der Waals surface area contributed by atoms with E-state index in [2.05, 4.69) is 15.6 Å². The number of piperidine rings is 1. The Bertz CT molecular complexity index is 458. The fourth-order valence-corrected chi connectivity index (χ4v) is 1.56. The van der Waals surface area contributed by atoms with Crippen molar-refractivity contribution in [1.29, 1.82) is 0 Å². The van der Waals surface area contributed by atoms with Gasteiger partial charge in [0.1, 0.15) is 11.7 Å². The van der Waals surface area contributed by atoms with Crippen LogP contribution in [0.2, 0.25) is 0 Å². The van der Waals surface area contributed by atoms with Gasteiger partial charge in [0.25, 0.3) is 5.91 Å². The van der Waals surface area contributed by atoms with Crippen LogP contribution in [0.1, 0.15) is 23.3 Å². The lowest BCUT2D eigenvalue weighted by molar-refractivity contribution is -0.134. The van der Waals surface area contributed by atoms with E-state index < -0.39 is 17.9 Å². The zero-order valence-electron chi connectivity index (χ0n) is 8.97. The maximum atomic E-state index is 11.7. The van der Waals surface area contributed by atoms with Crippen molar-refractivity contribution >= 4 is 17.7 Å². The number of pyridine rings is 1. The van der Waals surface area contributed by atoms with Gasteiger partial charge < -0.3 is 5.32 Å². The molecule has 0 aliphatic carbocycles. The van der Waals surface area contributed by atoms with E-state index >= 15 is 0 Å². The van der Waals surface area contributed by atoms with E-state index in [0.29, 0.717) is 6.42 Å². The first-order valence-corrected chi connectivity index (χ1v) is 5.22. The molecule has 1 aromatic rings. The van der Waals surface area contributed by atoms with Crippen molar-refractivity contribution in [3.8, 4) is 0 Å². The molecule has 88 valence electrons. The third-order valence-corrected chi connectivity index (χ3v) is 2.44. The van der Waals surface area contributed by atoms with E-state index in [-0.39, 0.29) is 18.0 Å². The predicted molar refractivity (Wildman–Crippen MR) is 57.9 cm³/mol. The average Bonchev–Trinajstić information content (AvgIpc) is 2.34. The zero-order chi connectivity index (χ0) is 12.3. The van der Waals surface area contributed by atoms with Crippen LogP contribution < -0.4 is 10.6 Å². The SMILES string of the molecule is O=C1CCC(NC(=O)c2ccccn2)C(=O)N1. The Kier molecular flexibility index (Phi) is 3.13. The molecule has 17 heavy (non-hydrogen) atoms. The van der Waals surface area contributed by atoms with Gasteiger partial charge in [-0.15, -0.1) is 0 Å². The molecule has 1 saturated heterocycles. The van der Waals surface area contributed by atoms with Gasteiger partial charge in [-0.05, 0) is 18.6 Å². The number of aromatic nitrogens is 1. The minimum Gasteiger partial charge on any atom is -0.339 e. The van der Waals surface area contributed by atoms with Gasteiger partial charge in [-0.3, -0.25) is 24.7 Å². The molecule has 1 unspecified atom stereocenters. The second kappa shape index (κ2) is 4.73. The van der Waals surface area contributed by atoms with Crippen molar-refractivity contribution < 1.29 is 14.4 Å². The minimum absolute atomic E-state index is 0.235. The van der Waals surface area contributed by atoms with Crippen LogP contribution in [0.25, 0.3) is 0 Å². The van der Waals surface area contributed by atoms with Crippen LogP contribution in [-0.4, -0.2) is 28.7 Å². The first-order chi connectivity index (χ1) is 8.16. The summed E-state index contributed by atoms with van der Waals surface area (Å²) in [6.07, 6.45) is 2.06. The number of carbonyl (C=O) groups is 3. The Balaban J connectivity index is 2.00. The van der Waals surface area contributed by atoms with Crippen molar-refractivity contribution in [2.75, 3.05) is 0 Å². The standard InChI is InChI=1S/C11H11N3O3/c15-9-5-4-8(11(17)14-9)13-10(16)7-3-1-2-6-12-7/h1-3,6,8H,4-5H2,(H,13,16)(H,14,15,17). The third kappa shape index (κ3) is 2.66. The number of amides is 3. The highest BCUT2D eigenvalue weighted by molar-refractivity contribution is 6.03. The summed E-state index contributed by atoms with van der Waals surface area (Å²) in [6, 6.07) is 4.28. The average molecular weight is 233 g/mol. The van der Waals surface area contributed by atoms with Crippen molar-refractivity contribution in [2.45, 2.75) is 18.9 Å². The van der Waals surface area contributed by atoms with Gasteiger partial charge >= 0.3 is 0 Å². The molecule has 6 nitrogen and oxygen atoms in total. The van der Waals surface area contributed by atoms with E-state index in [1.54, 1.807) is 18.2 Å². The Labute approximate surface area is 97.4 Å². The molecular weight excluding hydrogens is 222 g/mol. The number of nitrogens with one attached hydrogen (secondary N) is 2. The second-order valence-electron chi connectivity index (χ2n) is 3.69. The monoisotopic (exact) mass is 233 g/mol. The number of nitrogens with zero attached hydrogens (tertiary/aromatic N) is 1. The number of hydrogen-bond donors (Lipinski definition) is 2. The van der Waals surface area contributed by atoms with E-state index in [4.69, 9.17) is 0 Å². The Morgan fingerprint density at radius 3 is 2.88 bits per heavy atom. The number of rotatable bonds is 2. The predicted octanol–water partition coefficient (Wildman–Crippen LogP) is -0.383. The molecule has 0 saturated carbocycles. The smallest absolute Gasteiger partial charge is 0.270 e. The molecular formula is C11H11N3O3. The Hall–Kier alpha value is -2.24. The van der Waals surface area contributed by atoms with E-state index in [1.165, 1.54) is 6.20 Å². The molecule has 1 aliphatic heterocycles. The summed E-state index contributed by atoms with van der Waals surface area (Å²) in [7, 11) is 0. The van der Waals surface area contributed by atoms with Crippen molar-refractivity contribution in [3.63, 3.8) is 0 Å². The molecule has 0 aromatic carbocycles. The molecule has 1 aromatic heterocycles. The lowest BCUT2D eigenvalue weighted by Crippen LogP contribution is -2.52. The van der Waals surface area contributed by atoms with Crippen LogP contribution in [0, 0.1) is 0 Å². The first kappa shape index (κ1) is 11.3. The van der Waals surface area contributed by atoms with Gasteiger partial charge in [-0.1, -0.05) is 6.07 Å². The number of carbonyl (C=O) groups excluding carboxylic acids is 3. The van der Waals surface area contributed by atoms with Gasteiger partial charge in [-0.2, -0.15) is 0 Å². The van der Waals surface area contributed by atoms with Gasteiger partial charge in [0.15, 0.2) is 0 Å². The van der Waals surface area contributed by atoms with E-state index in [1.807, 2.05) is 0 Å². The van der Waals surface area contributed by atoms with Gasteiger partial charge in [0.05, 0.1) is 0 Å². The summed E-state index contributed by atoms with van der Waals surface area (Å²) in [6.45, 7) is 0.